The van der Waals surface area contributed by atoms with Crippen molar-refractivity contribution in [3.8, 4) is 0 Å². The van der Waals surface area contributed by atoms with Crippen LogP contribution in [0.4, 0.5) is 23.2 Å². The first kappa shape index (κ1) is 10.2. The summed E-state index contributed by atoms with van der Waals surface area (Å²) in [7, 11) is 0. The van der Waals surface area contributed by atoms with E-state index < -0.39 is 17.6 Å². The van der Waals surface area contributed by atoms with Gasteiger partial charge in [-0.3, -0.25) is 0 Å². The van der Waals surface area contributed by atoms with Crippen molar-refractivity contribution in [2.24, 2.45) is 5.84 Å². The van der Waals surface area contributed by atoms with E-state index in [4.69, 9.17) is 5.84 Å². The topological polar surface area (TPSA) is 29.3 Å². The van der Waals surface area contributed by atoms with E-state index in [1.807, 2.05) is 0 Å². The normalized spacial score (nSPS) is 15.7. The summed E-state index contributed by atoms with van der Waals surface area (Å²) >= 11 is 0. The van der Waals surface area contributed by atoms with Gasteiger partial charge in [-0.1, -0.05) is 0 Å². The van der Waals surface area contributed by atoms with Crippen LogP contribution in [0.1, 0.15) is 11.1 Å². The lowest BCUT2D eigenvalue weighted by Crippen LogP contribution is -2.28. The van der Waals surface area contributed by atoms with Crippen LogP contribution in [0.25, 0.3) is 0 Å². The van der Waals surface area contributed by atoms with Crippen molar-refractivity contribution in [3.05, 3.63) is 29.1 Å². The van der Waals surface area contributed by atoms with Crippen molar-refractivity contribution < 1.29 is 17.6 Å². The Bertz CT molecular complexity index is 400. The lowest BCUT2D eigenvalue weighted by molar-refractivity contribution is -0.139. The maximum Gasteiger partial charge on any atom is 0.419 e. The zero-order chi connectivity index (χ0) is 11.2. The second-order valence-corrected chi connectivity index (χ2v) is 3.40. The summed E-state index contributed by atoms with van der Waals surface area (Å²) in [5, 5.41) is 1.20. The highest BCUT2D eigenvalue weighted by Gasteiger charge is 2.36. The number of rotatable bonds is 0. The zero-order valence-electron chi connectivity index (χ0n) is 7.61. The molecule has 1 heterocycles. The molecule has 0 fully saturated rings. The molecule has 0 atom stereocenters. The van der Waals surface area contributed by atoms with Gasteiger partial charge in [-0.15, -0.1) is 0 Å². The van der Waals surface area contributed by atoms with Crippen molar-refractivity contribution in [1.82, 2.24) is 0 Å². The van der Waals surface area contributed by atoms with Gasteiger partial charge in [-0.25, -0.2) is 10.2 Å². The first-order chi connectivity index (χ1) is 6.89. The van der Waals surface area contributed by atoms with Crippen LogP contribution in [-0.2, 0) is 12.6 Å². The summed E-state index contributed by atoms with van der Waals surface area (Å²) in [5.41, 5.74) is -0.495. The Morgan fingerprint density at radius 2 is 1.93 bits per heavy atom. The molecule has 0 amide bonds. The van der Waals surface area contributed by atoms with Crippen LogP contribution < -0.4 is 10.9 Å². The monoisotopic (exact) mass is 220 g/mol. The van der Waals surface area contributed by atoms with Gasteiger partial charge in [0.1, 0.15) is 5.82 Å². The van der Waals surface area contributed by atoms with E-state index >= 15 is 0 Å². The Hall–Kier alpha value is -1.30. The fraction of sp³-hybridized carbons (Fsp3) is 0.333. The molecule has 0 bridgehead atoms. The summed E-state index contributed by atoms with van der Waals surface area (Å²) in [4.78, 5) is 0. The number of anilines is 1. The number of nitrogens with zero attached hydrogens (tertiary/aromatic N) is 1. The van der Waals surface area contributed by atoms with E-state index in [0.717, 1.165) is 12.1 Å². The molecule has 1 aromatic rings. The highest BCUT2D eigenvalue weighted by molar-refractivity contribution is 5.59. The quantitative estimate of drug-likeness (QED) is 0.535. The Balaban J connectivity index is 2.55. The molecule has 1 aliphatic rings. The minimum atomic E-state index is -4.68. The molecule has 1 aliphatic heterocycles. The van der Waals surface area contributed by atoms with Gasteiger partial charge in [0.25, 0.3) is 0 Å². The Morgan fingerprint density at radius 3 is 2.53 bits per heavy atom. The molecule has 2 rings (SSSR count). The molecule has 2 nitrogen and oxygen atoms in total. The molecule has 6 heteroatoms. The van der Waals surface area contributed by atoms with Crippen molar-refractivity contribution >= 4 is 5.69 Å². The number of hydrogen-bond acceptors (Lipinski definition) is 2. The molecular formula is C9H8F4N2. The minimum Gasteiger partial charge on any atom is -0.310 e. The molecule has 0 saturated heterocycles. The number of benzene rings is 1. The smallest absolute Gasteiger partial charge is 0.310 e. The van der Waals surface area contributed by atoms with E-state index in [0.29, 0.717) is 18.5 Å². The number of hydrogen-bond donors (Lipinski definition) is 1. The maximum atomic E-state index is 13.1. The van der Waals surface area contributed by atoms with Gasteiger partial charge in [0.2, 0.25) is 0 Å². The summed E-state index contributed by atoms with van der Waals surface area (Å²) in [6.45, 7) is 0.413. The van der Waals surface area contributed by atoms with E-state index in [2.05, 4.69) is 0 Å². The number of halogens is 4. The highest BCUT2D eigenvalue weighted by atomic mass is 19.4. The van der Waals surface area contributed by atoms with Gasteiger partial charge in [0.05, 0.1) is 11.3 Å². The molecular weight excluding hydrogens is 212 g/mol. The predicted molar refractivity (Wildman–Crippen MR) is 46.6 cm³/mol. The van der Waals surface area contributed by atoms with Gasteiger partial charge < -0.3 is 5.01 Å². The molecule has 0 unspecified atom stereocenters. The van der Waals surface area contributed by atoms with Gasteiger partial charge in [0.15, 0.2) is 0 Å². The van der Waals surface area contributed by atoms with Crippen molar-refractivity contribution in [1.29, 1.82) is 0 Å². The predicted octanol–water partition coefficient (Wildman–Crippen LogP) is 2.08. The second-order valence-electron chi connectivity index (χ2n) is 3.40. The lowest BCUT2D eigenvalue weighted by atomic mass is 10.1. The molecule has 1 aromatic carbocycles. The Kier molecular flexibility index (Phi) is 2.11. The van der Waals surface area contributed by atoms with Crippen LogP contribution in [0.3, 0.4) is 0 Å². The van der Waals surface area contributed by atoms with Crippen LogP contribution in [0.5, 0.6) is 0 Å². The fourth-order valence-corrected chi connectivity index (χ4v) is 1.65. The standard InChI is InChI=1S/C9H8F4N2/c10-7-3-5-1-2-15(14)8(5)4-6(7)9(11,12)13/h3-4H,1-2,14H2. The highest BCUT2D eigenvalue weighted by Crippen LogP contribution is 2.37. The molecule has 0 spiro atoms. The molecule has 0 aliphatic carbocycles. The molecule has 0 radical (unpaired) electrons. The minimum absolute atomic E-state index is 0.253. The fourth-order valence-electron chi connectivity index (χ4n) is 1.65. The van der Waals surface area contributed by atoms with Crippen molar-refractivity contribution in [2.45, 2.75) is 12.6 Å². The summed E-state index contributed by atoms with van der Waals surface area (Å²) in [5.74, 6) is 4.21. The average Bonchev–Trinajstić information content (AvgIpc) is 2.44. The van der Waals surface area contributed by atoms with Gasteiger partial charge in [-0.05, 0) is 24.1 Å². The Morgan fingerprint density at radius 1 is 1.27 bits per heavy atom. The number of hydrazine groups is 1. The van der Waals surface area contributed by atoms with E-state index in [9.17, 15) is 17.6 Å². The molecule has 0 aromatic heterocycles. The van der Waals surface area contributed by atoms with Crippen molar-refractivity contribution in [2.75, 3.05) is 11.6 Å². The van der Waals surface area contributed by atoms with E-state index in [1.54, 1.807) is 0 Å². The van der Waals surface area contributed by atoms with Crippen molar-refractivity contribution in [3.63, 3.8) is 0 Å². The zero-order valence-corrected chi connectivity index (χ0v) is 7.61. The largest absolute Gasteiger partial charge is 0.419 e. The van der Waals surface area contributed by atoms with Crippen LogP contribution in [-0.4, -0.2) is 6.54 Å². The summed E-state index contributed by atoms with van der Waals surface area (Å²) < 4.78 is 50.1. The molecule has 82 valence electrons. The van der Waals surface area contributed by atoms with Crippen LogP contribution >= 0.6 is 0 Å². The van der Waals surface area contributed by atoms with Gasteiger partial charge in [0, 0.05) is 6.54 Å². The van der Waals surface area contributed by atoms with Crippen LogP contribution in [0, 0.1) is 5.82 Å². The molecule has 0 saturated carbocycles. The van der Waals surface area contributed by atoms with E-state index in [1.165, 1.54) is 5.01 Å². The van der Waals surface area contributed by atoms with Gasteiger partial charge >= 0.3 is 6.18 Å². The number of alkyl halides is 3. The summed E-state index contributed by atoms with van der Waals surface area (Å²) in [6.07, 6.45) is -4.20. The first-order valence-electron chi connectivity index (χ1n) is 4.31. The number of nitrogens with two attached hydrogens (primary N) is 1. The maximum absolute atomic E-state index is 13.1. The lowest BCUT2D eigenvalue weighted by Gasteiger charge is -2.14. The van der Waals surface area contributed by atoms with Gasteiger partial charge in [-0.2, -0.15) is 13.2 Å². The Labute approximate surface area is 83.3 Å². The molecule has 2 N–H and O–H groups in total. The third-order valence-corrected chi connectivity index (χ3v) is 2.41. The average molecular weight is 220 g/mol. The van der Waals surface area contributed by atoms with E-state index in [-0.39, 0.29) is 5.69 Å². The van der Waals surface area contributed by atoms with Crippen LogP contribution in [0.15, 0.2) is 12.1 Å². The number of fused-ring (bicyclic) bond motifs is 1. The molecule has 15 heavy (non-hydrogen) atoms. The SMILES string of the molecule is NN1CCc2cc(F)c(C(F)(F)F)cc21. The third-order valence-electron chi connectivity index (χ3n) is 2.41. The first-order valence-corrected chi connectivity index (χ1v) is 4.31. The van der Waals surface area contributed by atoms with Crippen LogP contribution in [0.2, 0.25) is 0 Å². The summed E-state index contributed by atoms with van der Waals surface area (Å²) in [6, 6.07) is 1.67. The third kappa shape index (κ3) is 1.65. The second kappa shape index (κ2) is 3.10.